The van der Waals surface area contributed by atoms with Gasteiger partial charge < -0.3 is 15.0 Å². The standard InChI is InChI=1S/C14H21N3O/c1-16-9-10-18-14-12(11-16)3-2-4-13(14)17-7-5-15-6-8-17/h2-4,15H,5-11H2,1H3. The van der Waals surface area contributed by atoms with E-state index in [-0.39, 0.29) is 0 Å². The quantitative estimate of drug-likeness (QED) is 0.798. The molecule has 1 fully saturated rings. The lowest BCUT2D eigenvalue weighted by Crippen LogP contribution is -2.43. The van der Waals surface area contributed by atoms with Crippen molar-refractivity contribution >= 4 is 5.69 Å². The number of hydrogen-bond acceptors (Lipinski definition) is 4. The van der Waals surface area contributed by atoms with Crippen LogP contribution in [0.2, 0.25) is 0 Å². The van der Waals surface area contributed by atoms with E-state index < -0.39 is 0 Å². The van der Waals surface area contributed by atoms with Gasteiger partial charge in [0.1, 0.15) is 12.4 Å². The van der Waals surface area contributed by atoms with Crippen LogP contribution in [0.3, 0.4) is 0 Å². The third-order valence-corrected chi connectivity index (χ3v) is 3.69. The van der Waals surface area contributed by atoms with Crippen LogP contribution in [0.15, 0.2) is 18.2 Å². The Balaban J connectivity index is 1.92. The molecule has 0 spiro atoms. The normalized spacial score (nSPS) is 21.1. The molecule has 2 heterocycles. The van der Waals surface area contributed by atoms with Crippen LogP contribution in [0.1, 0.15) is 5.56 Å². The molecule has 1 N–H and O–H groups in total. The number of ether oxygens (including phenoxy) is 1. The molecular formula is C14H21N3O. The minimum Gasteiger partial charge on any atom is -0.490 e. The van der Waals surface area contributed by atoms with Crippen molar-refractivity contribution in [3.05, 3.63) is 23.8 Å². The van der Waals surface area contributed by atoms with Crippen LogP contribution in [0.25, 0.3) is 0 Å². The van der Waals surface area contributed by atoms with Gasteiger partial charge in [0.2, 0.25) is 0 Å². The third-order valence-electron chi connectivity index (χ3n) is 3.69. The number of nitrogens with zero attached hydrogens (tertiary/aromatic N) is 2. The number of anilines is 1. The van der Waals surface area contributed by atoms with Gasteiger partial charge >= 0.3 is 0 Å². The highest BCUT2D eigenvalue weighted by Crippen LogP contribution is 2.34. The Morgan fingerprint density at radius 1 is 1.17 bits per heavy atom. The van der Waals surface area contributed by atoms with E-state index in [9.17, 15) is 0 Å². The van der Waals surface area contributed by atoms with Crippen molar-refractivity contribution in [1.29, 1.82) is 0 Å². The van der Waals surface area contributed by atoms with Gasteiger partial charge in [-0.05, 0) is 13.1 Å². The van der Waals surface area contributed by atoms with Crippen LogP contribution in [-0.4, -0.2) is 51.3 Å². The molecule has 4 nitrogen and oxygen atoms in total. The monoisotopic (exact) mass is 247 g/mol. The van der Waals surface area contributed by atoms with Gasteiger partial charge in [0.05, 0.1) is 5.69 Å². The highest BCUT2D eigenvalue weighted by atomic mass is 16.5. The zero-order valence-corrected chi connectivity index (χ0v) is 11.0. The van der Waals surface area contributed by atoms with E-state index in [1.807, 2.05) is 0 Å². The SMILES string of the molecule is CN1CCOc2c(cccc2N2CCNCC2)C1. The molecule has 0 aliphatic carbocycles. The van der Waals surface area contributed by atoms with Crippen LogP contribution in [0.4, 0.5) is 5.69 Å². The minimum atomic E-state index is 0.784. The van der Waals surface area contributed by atoms with Crippen molar-refractivity contribution in [2.45, 2.75) is 6.54 Å². The Labute approximate surface area is 109 Å². The highest BCUT2D eigenvalue weighted by Gasteiger charge is 2.20. The summed E-state index contributed by atoms with van der Waals surface area (Å²) in [7, 11) is 2.15. The summed E-state index contributed by atoms with van der Waals surface area (Å²) in [5.41, 5.74) is 2.58. The summed E-state index contributed by atoms with van der Waals surface area (Å²) in [6.07, 6.45) is 0. The van der Waals surface area contributed by atoms with Gasteiger partial charge in [-0.15, -0.1) is 0 Å². The Morgan fingerprint density at radius 3 is 2.83 bits per heavy atom. The Bertz CT molecular complexity index is 416. The molecule has 2 aliphatic heterocycles. The Kier molecular flexibility index (Phi) is 3.39. The maximum atomic E-state index is 6.00. The first kappa shape index (κ1) is 11.8. The number of likely N-dealkylation sites (N-methyl/N-ethyl adjacent to an activating group) is 1. The fourth-order valence-corrected chi connectivity index (χ4v) is 2.69. The van der Waals surface area contributed by atoms with Crippen LogP contribution in [-0.2, 0) is 6.54 Å². The molecule has 18 heavy (non-hydrogen) atoms. The van der Waals surface area contributed by atoms with E-state index in [0.717, 1.165) is 51.6 Å². The maximum Gasteiger partial charge on any atom is 0.147 e. The van der Waals surface area contributed by atoms with Crippen molar-refractivity contribution in [2.75, 3.05) is 51.3 Å². The first-order chi connectivity index (χ1) is 8.84. The summed E-state index contributed by atoms with van der Waals surface area (Å²) in [6, 6.07) is 6.52. The fraction of sp³-hybridized carbons (Fsp3) is 0.571. The van der Waals surface area contributed by atoms with Crippen LogP contribution < -0.4 is 15.0 Å². The smallest absolute Gasteiger partial charge is 0.147 e. The summed E-state index contributed by atoms with van der Waals surface area (Å²) in [6.45, 7) is 7.01. The maximum absolute atomic E-state index is 6.00. The van der Waals surface area contributed by atoms with Gasteiger partial charge in [-0.25, -0.2) is 0 Å². The van der Waals surface area contributed by atoms with Gasteiger partial charge in [-0.2, -0.15) is 0 Å². The van der Waals surface area contributed by atoms with Gasteiger partial charge in [-0.1, -0.05) is 12.1 Å². The molecule has 1 aromatic rings. The number of nitrogens with one attached hydrogen (secondary N) is 1. The Morgan fingerprint density at radius 2 is 2.00 bits per heavy atom. The third kappa shape index (κ3) is 2.31. The summed E-state index contributed by atoms with van der Waals surface area (Å²) < 4.78 is 6.00. The number of para-hydroxylation sites is 1. The molecule has 3 rings (SSSR count). The predicted octanol–water partition coefficient (Wildman–Crippen LogP) is 0.920. The molecule has 0 unspecified atom stereocenters. The zero-order chi connectivity index (χ0) is 12.4. The number of rotatable bonds is 1. The molecule has 2 aliphatic rings. The molecular weight excluding hydrogens is 226 g/mol. The average molecular weight is 247 g/mol. The molecule has 4 heteroatoms. The molecule has 0 aromatic heterocycles. The lowest BCUT2D eigenvalue weighted by Gasteiger charge is -2.31. The number of hydrogen-bond donors (Lipinski definition) is 1. The minimum absolute atomic E-state index is 0.784. The first-order valence-corrected chi connectivity index (χ1v) is 6.73. The van der Waals surface area contributed by atoms with Crippen molar-refractivity contribution in [1.82, 2.24) is 10.2 Å². The molecule has 1 aromatic carbocycles. The van der Waals surface area contributed by atoms with Crippen LogP contribution >= 0.6 is 0 Å². The van der Waals surface area contributed by atoms with E-state index in [1.54, 1.807) is 0 Å². The number of benzene rings is 1. The summed E-state index contributed by atoms with van der Waals surface area (Å²) in [5.74, 6) is 1.10. The highest BCUT2D eigenvalue weighted by molar-refractivity contribution is 5.62. The van der Waals surface area contributed by atoms with Gasteiger partial charge in [0.25, 0.3) is 0 Å². The van der Waals surface area contributed by atoms with E-state index in [2.05, 4.69) is 40.4 Å². The van der Waals surface area contributed by atoms with Gasteiger partial charge in [0.15, 0.2) is 0 Å². The van der Waals surface area contributed by atoms with Gasteiger partial charge in [-0.3, -0.25) is 4.90 Å². The van der Waals surface area contributed by atoms with Crippen molar-refractivity contribution in [2.24, 2.45) is 0 Å². The second kappa shape index (κ2) is 5.16. The zero-order valence-electron chi connectivity index (χ0n) is 11.0. The number of piperazine rings is 1. The van der Waals surface area contributed by atoms with E-state index in [4.69, 9.17) is 4.74 Å². The summed E-state index contributed by atoms with van der Waals surface area (Å²) in [5, 5.41) is 3.39. The van der Waals surface area contributed by atoms with E-state index in [1.165, 1.54) is 11.3 Å². The van der Waals surface area contributed by atoms with Gasteiger partial charge in [0, 0.05) is 44.8 Å². The predicted molar refractivity (Wildman–Crippen MR) is 73.4 cm³/mol. The van der Waals surface area contributed by atoms with Crippen LogP contribution in [0, 0.1) is 0 Å². The molecule has 0 atom stereocenters. The largest absolute Gasteiger partial charge is 0.490 e. The van der Waals surface area contributed by atoms with Crippen LogP contribution in [0.5, 0.6) is 5.75 Å². The molecule has 0 amide bonds. The van der Waals surface area contributed by atoms with E-state index >= 15 is 0 Å². The topological polar surface area (TPSA) is 27.7 Å². The Hall–Kier alpha value is -1.26. The first-order valence-electron chi connectivity index (χ1n) is 6.73. The molecule has 1 saturated heterocycles. The average Bonchev–Trinajstić information content (AvgIpc) is 2.60. The number of fused-ring (bicyclic) bond motifs is 1. The summed E-state index contributed by atoms with van der Waals surface area (Å²) >= 11 is 0. The molecule has 98 valence electrons. The second-order valence-corrected chi connectivity index (χ2v) is 5.09. The van der Waals surface area contributed by atoms with Crippen molar-refractivity contribution in [3.8, 4) is 5.75 Å². The molecule has 0 bridgehead atoms. The molecule has 0 saturated carbocycles. The summed E-state index contributed by atoms with van der Waals surface area (Å²) in [4.78, 5) is 4.74. The van der Waals surface area contributed by atoms with E-state index in [0.29, 0.717) is 0 Å². The molecule has 0 radical (unpaired) electrons. The second-order valence-electron chi connectivity index (χ2n) is 5.09. The van der Waals surface area contributed by atoms with Crippen molar-refractivity contribution < 1.29 is 4.74 Å². The van der Waals surface area contributed by atoms with Crippen molar-refractivity contribution in [3.63, 3.8) is 0 Å². The lowest BCUT2D eigenvalue weighted by molar-refractivity contribution is 0.259. The fourth-order valence-electron chi connectivity index (χ4n) is 2.69. The lowest BCUT2D eigenvalue weighted by atomic mass is 10.1.